The van der Waals surface area contributed by atoms with Gasteiger partial charge >= 0.3 is 5.97 Å². The first-order valence-corrected chi connectivity index (χ1v) is 5.68. The first-order valence-electron chi connectivity index (χ1n) is 5.30. The van der Waals surface area contributed by atoms with Crippen molar-refractivity contribution in [1.29, 1.82) is 0 Å². The number of rotatable bonds is 5. The number of aliphatic hydroxyl groups is 1. The number of carbonyl (C=O) groups is 1. The molecule has 0 saturated heterocycles. The Balaban J connectivity index is 2.73. The van der Waals surface area contributed by atoms with E-state index in [1.807, 2.05) is 0 Å². The van der Waals surface area contributed by atoms with Gasteiger partial charge in [0.2, 0.25) is 0 Å². The second kappa shape index (κ2) is 6.47. The summed E-state index contributed by atoms with van der Waals surface area (Å²) in [7, 11) is 0. The minimum absolute atomic E-state index is 0.185. The molecule has 0 fully saturated rings. The summed E-state index contributed by atoms with van der Waals surface area (Å²) in [5.41, 5.74) is 0.543. The molecule has 0 heterocycles. The van der Waals surface area contributed by atoms with Gasteiger partial charge in [-0.3, -0.25) is 0 Å². The molecule has 0 spiro atoms. The molecule has 0 aliphatic carbocycles. The highest BCUT2D eigenvalue weighted by Gasteiger charge is 2.11. The number of aliphatic hydroxyl groups excluding tert-OH is 1. The zero-order valence-electron chi connectivity index (χ0n) is 9.77. The van der Waals surface area contributed by atoms with Crippen LogP contribution in [0.4, 0.5) is 0 Å². The van der Waals surface area contributed by atoms with Crippen LogP contribution in [0.2, 0.25) is 5.02 Å². The Kier molecular flexibility index (Phi) is 5.25. The van der Waals surface area contributed by atoms with Gasteiger partial charge in [0.15, 0.2) is 6.61 Å². The summed E-state index contributed by atoms with van der Waals surface area (Å²) in [4.78, 5) is 11.1. The fourth-order valence-corrected chi connectivity index (χ4v) is 1.50. The van der Waals surface area contributed by atoms with Gasteiger partial charge in [-0.15, -0.1) is 0 Å². The van der Waals surface area contributed by atoms with E-state index in [4.69, 9.17) is 21.1 Å². The monoisotopic (exact) mass is 258 g/mol. The third kappa shape index (κ3) is 4.24. The summed E-state index contributed by atoms with van der Waals surface area (Å²) in [5, 5.41) is 10.0. The third-order valence-corrected chi connectivity index (χ3v) is 2.31. The molecule has 1 N–H and O–H groups in total. The first-order chi connectivity index (χ1) is 8.04. The van der Waals surface area contributed by atoms with Crippen LogP contribution in [0.3, 0.4) is 0 Å². The molecule has 1 aromatic rings. The Bertz CT molecular complexity index is 390. The predicted molar refractivity (Wildman–Crippen MR) is 64.2 cm³/mol. The summed E-state index contributed by atoms with van der Waals surface area (Å²) >= 11 is 5.82. The molecule has 1 aromatic carbocycles. The van der Waals surface area contributed by atoms with E-state index in [1.54, 1.807) is 32.0 Å². The van der Waals surface area contributed by atoms with Crippen molar-refractivity contribution in [2.75, 3.05) is 13.2 Å². The van der Waals surface area contributed by atoms with Crippen molar-refractivity contribution < 1.29 is 19.4 Å². The third-order valence-electron chi connectivity index (χ3n) is 2.07. The smallest absolute Gasteiger partial charge is 0.344 e. The summed E-state index contributed by atoms with van der Waals surface area (Å²) in [6, 6.07) is 4.85. The maximum atomic E-state index is 11.1. The average molecular weight is 259 g/mol. The van der Waals surface area contributed by atoms with Crippen molar-refractivity contribution in [1.82, 2.24) is 0 Å². The maximum absolute atomic E-state index is 11.1. The molecule has 0 radical (unpaired) electrons. The second-order valence-corrected chi connectivity index (χ2v) is 3.89. The molecule has 4 nitrogen and oxygen atoms in total. The van der Waals surface area contributed by atoms with E-state index < -0.39 is 12.1 Å². The molecule has 0 saturated carbocycles. The van der Waals surface area contributed by atoms with Crippen molar-refractivity contribution in [3.63, 3.8) is 0 Å². The normalized spacial score (nSPS) is 12.0. The van der Waals surface area contributed by atoms with E-state index in [-0.39, 0.29) is 6.61 Å². The van der Waals surface area contributed by atoms with Gasteiger partial charge in [0.25, 0.3) is 0 Å². The molecule has 0 aliphatic heterocycles. The molecule has 0 unspecified atom stereocenters. The quantitative estimate of drug-likeness (QED) is 0.824. The predicted octanol–water partition coefficient (Wildman–Crippen LogP) is 2.34. The van der Waals surface area contributed by atoms with Gasteiger partial charge in [-0.2, -0.15) is 0 Å². The van der Waals surface area contributed by atoms with Crippen LogP contribution in [0, 0.1) is 0 Å². The molecular formula is C12H15ClO4. The average Bonchev–Trinajstić information content (AvgIpc) is 2.27. The molecule has 1 atom stereocenters. The highest BCUT2D eigenvalue weighted by Crippen LogP contribution is 2.28. The lowest BCUT2D eigenvalue weighted by atomic mass is 10.1. The van der Waals surface area contributed by atoms with Gasteiger partial charge in [-0.05, 0) is 32.0 Å². The van der Waals surface area contributed by atoms with Gasteiger partial charge < -0.3 is 14.6 Å². The van der Waals surface area contributed by atoms with E-state index >= 15 is 0 Å². The van der Waals surface area contributed by atoms with Crippen LogP contribution in [0.25, 0.3) is 0 Å². The van der Waals surface area contributed by atoms with E-state index in [0.29, 0.717) is 22.9 Å². The van der Waals surface area contributed by atoms with Gasteiger partial charge in [0, 0.05) is 10.6 Å². The molecule has 0 bridgehead atoms. The summed E-state index contributed by atoms with van der Waals surface area (Å²) in [5.74, 6) is -0.0172. The maximum Gasteiger partial charge on any atom is 0.344 e. The molecule has 94 valence electrons. The molecule has 0 aliphatic rings. The zero-order valence-corrected chi connectivity index (χ0v) is 10.5. The lowest BCUT2D eigenvalue weighted by Gasteiger charge is -2.13. The zero-order chi connectivity index (χ0) is 12.8. The molecule has 17 heavy (non-hydrogen) atoms. The minimum Gasteiger partial charge on any atom is -0.482 e. The van der Waals surface area contributed by atoms with Crippen molar-refractivity contribution >= 4 is 17.6 Å². The molecule has 1 rings (SSSR count). The highest BCUT2D eigenvalue weighted by molar-refractivity contribution is 6.30. The van der Waals surface area contributed by atoms with Crippen LogP contribution in [-0.2, 0) is 9.53 Å². The number of hydrogen-bond donors (Lipinski definition) is 1. The van der Waals surface area contributed by atoms with Crippen LogP contribution in [0.15, 0.2) is 18.2 Å². The Labute approximate surface area is 105 Å². The summed E-state index contributed by atoms with van der Waals surface area (Å²) < 4.78 is 10.0. The topological polar surface area (TPSA) is 55.8 Å². The minimum atomic E-state index is -0.717. The van der Waals surface area contributed by atoms with Crippen LogP contribution in [-0.4, -0.2) is 24.3 Å². The van der Waals surface area contributed by atoms with Crippen molar-refractivity contribution in [3.05, 3.63) is 28.8 Å². The lowest BCUT2D eigenvalue weighted by molar-refractivity contribution is -0.145. The Morgan fingerprint density at radius 2 is 2.24 bits per heavy atom. The molecular weight excluding hydrogens is 244 g/mol. The number of benzene rings is 1. The van der Waals surface area contributed by atoms with E-state index in [2.05, 4.69) is 0 Å². The largest absolute Gasteiger partial charge is 0.482 e. The fraction of sp³-hybridized carbons (Fsp3) is 0.417. The molecule has 5 heteroatoms. The Morgan fingerprint density at radius 3 is 2.82 bits per heavy atom. The Morgan fingerprint density at radius 1 is 1.53 bits per heavy atom. The van der Waals surface area contributed by atoms with Crippen LogP contribution >= 0.6 is 11.6 Å². The SMILES string of the molecule is CCOC(=O)COc1ccc(Cl)cc1[C@@H](C)O. The number of hydrogen-bond acceptors (Lipinski definition) is 4. The standard InChI is InChI=1S/C12H15ClO4/c1-3-16-12(15)7-17-11-5-4-9(13)6-10(11)8(2)14/h4-6,8,14H,3,7H2,1-2H3/t8-/m1/s1. The van der Waals surface area contributed by atoms with Gasteiger partial charge in [0.1, 0.15) is 5.75 Å². The first kappa shape index (κ1) is 13.8. The number of halogens is 1. The van der Waals surface area contributed by atoms with Crippen LogP contribution in [0.1, 0.15) is 25.5 Å². The van der Waals surface area contributed by atoms with Gasteiger partial charge in [-0.1, -0.05) is 11.6 Å². The van der Waals surface area contributed by atoms with Crippen LogP contribution < -0.4 is 4.74 Å². The van der Waals surface area contributed by atoms with E-state index in [9.17, 15) is 9.90 Å². The van der Waals surface area contributed by atoms with Gasteiger partial charge in [0.05, 0.1) is 12.7 Å². The van der Waals surface area contributed by atoms with E-state index in [1.165, 1.54) is 0 Å². The van der Waals surface area contributed by atoms with Crippen molar-refractivity contribution in [2.45, 2.75) is 20.0 Å². The van der Waals surface area contributed by atoms with Crippen LogP contribution in [0.5, 0.6) is 5.75 Å². The molecule has 0 amide bonds. The van der Waals surface area contributed by atoms with Gasteiger partial charge in [-0.25, -0.2) is 4.79 Å². The number of esters is 1. The number of carbonyl (C=O) groups excluding carboxylic acids is 1. The number of ether oxygens (including phenoxy) is 2. The van der Waals surface area contributed by atoms with Crippen molar-refractivity contribution in [3.8, 4) is 5.75 Å². The second-order valence-electron chi connectivity index (χ2n) is 3.45. The Hall–Kier alpha value is -1.26. The lowest BCUT2D eigenvalue weighted by Crippen LogP contribution is -2.15. The van der Waals surface area contributed by atoms with Crippen molar-refractivity contribution in [2.24, 2.45) is 0 Å². The fourth-order valence-electron chi connectivity index (χ4n) is 1.32. The highest BCUT2D eigenvalue weighted by atomic mass is 35.5. The molecule has 0 aromatic heterocycles. The summed E-state index contributed by atoms with van der Waals surface area (Å²) in [6.45, 7) is 3.45. The summed E-state index contributed by atoms with van der Waals surface area (Å²) in [6.07, 6.45) is -0.717. The van der Waals surface area contributed by atoms with E-state index in [0.717, 1.165) is 0 Å².